The lowest BCUT2D eigenvalue weighted by Gasteiger charge is -2.40. The molecular formula is C24H30N6O2. The third-order valence-corrected chi connectivity index (χ3v) is 6.03. The van der Waals surface area contributed by atoms with Crippen LogP contribution >= 0.6 is 0 Å². The third-order valence-electron chi connectivity index (χ3n) is 6.03. The number of ether oxygens (including phenoxy) is 2. The van der Waals surface area contributed by atoms with E-state index in [0.29, 0.717) is 12.6 Å². The van der Waals surface area contributed by atoms with Crippen molar-refractivity contribution < 1.29 is 9.47 Å². The van der Waals surface area contributed by atoms with Crippen LogP contribution in [-0.4, -0.2) is 78.1 Å². The summed E-state index contributed by atoms with van der Waals surface area (Å²) in [6.07, 6.45) is 0.202. The lowest BCUT2D eigenvalue weighted by Crippen LogP contribution is -2.51. The van der Waals surface area contributed by atoms with E-state index in [2.05, 4.69) is 82.4 Å². The van der Waals surface area contributed by atoms with Crippen LogP contribution in [0.2, 0.25) is 0 Å². The van der Waals surface area contributed by atoms with E-state index in [1.165, 1.54) is 5.69 Å². The van der Waals surface area contributed by atoms with Crippen molar-refractivity contribution in [2.24, 2.45) is 0 Å². The number of H-pyrrole nitrogens is 2. The van der Waals surface area contributed by atoms with Gasteiger partial charge in [-0.3, -0.25) is 5.10 Å². The van der Waals surface area contributed by atoms with Gasteiger partial charge in [0.2, 0.25) is 0 Å². The molecule has 8 heteroatoms. The van der Waals surface area contributed by atoms with Crippen LogP contribution < -0.4 is 4.90 Å². The minimum absolute atomic E-state index is 0.202. The van der Waals surface area contributed by atoms with Gasteiger partial charge in [-0.15, -0.1) is 0 Å². The van der Waals surface area contributed by atoms with E-state index in [1.807, 2.05) is 0 Å². The number of methoxy groups -OCH3 is 1. The molecule has 0 bridgehead atoms. The van der Waals surface area contributed by atoms with E-state index in [9.17, 15) is 0 Å². The minimum atomic E-state index is 0.202. The molecule has 1 aliphatic rings. The predicted molar refractivity (Wildman–Crippen MR) is 127 cm³/mol. The Morgan fingerprint density at radius 3 is 2.88 bits per heavy atom. The quantitative estimate of drug-likeness (QED) is 0.484. The van der Waals surface area contributed by atoms with Crippen LogP contribution in [0, 0.1) is 0 Å². The lowest BCUT2D eigenvalue weighted by atomic mass is 10.1. The molecule has 5 rings (SSSR count). The van der Waals surface area contributed by atoms with Crippen molar-refractivity contribution in [2.75, 3.05) is 45.8 Å². The normalized spacial score (nSPS) is 19.5. The van der Waals surface area contributed by atoms with Gasteiger partial charge < -0.3 is 24.3 Å². The minimum Gasteiger partial charge on any atom is -0.380 e. The number of morpholine rings is 1. The van der Waals surface area contributed by atoms with Crippen molar-refractivity contribution in [3.63, 3.8) is 0 Å². The average molecular weight is 435 g/mol. The standard InChI is InChI=1S/C24H30N6O2/c1-15-13-32-18(11-29(2)3)12-30(15)17-6-8-20-22(10-17)26-24(25-20)23-19-7-5-16(14-31-4)9-21(19)27-28-23/h5-10,15,18H,11-14H2,1-4H3,(H,25,26)(H,27,28). The van der Waals surface area contributed by atoms with Crippen LogP contribution in [0.15, 0.2) is 36.4 Å². The second-order valence-electron chi connectivity index (χ2n) is 8.89. The zero-order valence-corrected chi connectivity index (χ0v) is 19.1. The second-order valence-corrected chi connectivity index (χ2v) is 8.89. The van der Waals surface area contributed by atoms with Gasteiger partial charge in [-0.25, -0.2) is 4.98 Å². The van der Waals surface area contributed by atoms with E-state index in [1.54, 1.807) is 7.11 Å². The largest absolute Gasteiger partial charge is 0.380 e. The zero-order valence-electron chi connectivity index (χ0n) is 19.1. The van der Waals surface area contributed by atoms with Crippen molar-refractivity contribution in [2.45, 2.75) is 25.7 Å². The molecule has 8 nitrogen and oxygen atoms in total. The Hall–Kier alpha value is -2.94. The molecule has 1 saturated heterocycles. The van der Waals surface area contributed by atoms with Crippen LogP contribution in [0.25, 0.3) is 33.5 Å². The lowest BCUT2D eigenvalue weighted by molar-refractivity contribution is 0.00880. The fourth-order valence-corrected chi connectivity index (χ4v) is 4.49. The molecule has 2 aromatic heterocycles. The van der Waals surface area contributed by atoms with Gasteiger partial charge in [-0.2, -0.15) is 5.10 Å². The van der Waals surface area contributed by atoms with E-state index in [-0.39, 0.29) is 6.10 Å². The van der Waals surface area contributed by atoms with E-state index < -0.39 is 0 Å². The summed E-state index contributed by atoms with van der Waals surface area (Å²) in [6, 6.07) is 13.0. The average Bonchev–Trinajstić information content (AvgIpc) is 3.37. The highest BCUT2D eigenvalue weighted by Gasteiger charge is 2.27. The number of hydrogen-bond donors (Lipinski definition) is 2. The van der Waals surface area contributed by atoms with Crippen molar-refractivity contribution in [1.29, 1.82) is 0 Å². The van der Waals surface area contributed by atoms with Crippen molar-refractivity contribution in [1.82, 2.24) is 25.1 Å². The molecule has 0 aliphatic carbocycles. The van der Waals surface area contributed by atoms with Gasteiger partial charge in [-0.05, 0) is 50.8 Å². The molecule has 0 amide bonds. The fraction of sp³-hybridized carbons (Fsp3) is 0.417. The summed E-state index contributed by atoms with van der Waals surface area (Å²) < 4.78 is 11.3. The highest BCUT2D eigenvalue weighted by molar-refractivity contribution is 5.93. The molecule has 2 aromatic carbocycles. The first-order valence-electron chi connectivity index (χ1n) is 11.0. The van der Waals surface area contributed by atoms with Gasteiger partial charge in [0.1, 0.15) is 5.69 Å². The number of aromatic amines is 2. The van der Waals surface area contributed by atoms with E-state index in [4.69, 9.17) is 14.5 Å². The first-order chi connectivity index (χ1) is 15.5. The van der Waals surface area contributed by atoms with Gasteiger partial charge in [0.25, 0.3) is 0 Å². The highest BCUT2D eigenvalue weighted by atomic mass is 16.5. The summed E-state index contributed by atoms with van der Waals surface area (Å²) in [4.78, 5) is 12.9. The van der Waals surface area contributed by atoms with Gasteiger partial charge in [-0.1, -0.05) is 12.1 Å². The number of imidazole rings is 1. The molecule has 168 valence electrons. The summed E-state index contributed by atoms with van der Waals surface area (Å²) in [5.74, 6) is 0.767. The van der Waals surface area contributed by atoms with Crippen molar-refractivity contribution in [3.05, 3.63) is 42.0 Å². The molecule has 2 atom stereocenters. The molecule has 2 unspecified atom stereocenters. The second kappa shape index (κ2) is 8.54. The van der Waals surface area contributed by atoms with E-state index in [0.717, 1.165) is 58.7 Å². The number of benzene rings is 2. The van der Waals surface area contributed by atoms with Gasteiger partial charge >= 0.3 is 0 Å². The van der Waals surface area contributed by atoms with Gasteiger partial charge in [0.15, 0.2) is 5.82 Å². The van der Waals surface area contributed by atoms with Crippen molar-refractivity contribution in [3.8, 4) is 11.5 Å². The maximum Gasteiger partial charge on any atom is 0.159 e. The number of rotatable bonds is 6. The Morgan fingerprint density at radius 1 is 1.19 bits per heavy atom. The summed E-state index contributed by atoms with van der Waals surface area (Å²) in [6.45, 7) is 5.31. The number of anilines is 1. The first kappa shape index (κ1) is 20.9. The highest BCUT2D eigenvalue weighted by Crippen LogP contribution is 2.30. The Labute approximate surface area is 187 Å². The molecule has 0 spiro atoms. The molecule has 32 heavy (non-hydrogen) atoms. The molecule has 2 N–H and O–H groups in total. The molecule has 0 radical (unpaired) electrons. The van der Waals surface area contributed by atoms with Crippen LogP contribution in [0.4, 0.5) is 5.69 Å². The molecular weight excluding hydrogens is 404 g/mol. The van der Waals surface area contributed by atoms with Crippen LogP contribution in [0.1, 0.15) is 12.5 Å². The number of hydrogen-bond acceptors (Lipinski definition) is 6. The van der Waals surface area contributed by atoms with E-state index >= 15 is 0 Å². The summed E-state index contributed by atoms with van der Waals surface area (Å²) in [5.41, 5.74) is 6.03. The topological polar surface area (TPSA) is 82.3 Å². The number of nitrogens with zero attached hydrogens (tertiary/aromatic N) is 4. The Balaban J connectivity index is 1.45. The zero-order chi connectivity index (χ0) is 22.2. The summed E-state index contributed by atoms with van der Waals surface area (Å²) in [5, 5.41) is 8.70. The number of likely N-dealkylation sites (N-methyl/N-ethyl adjacent to an activating group) is 1. The molecule has 1 aliphatic heterocycles. The maximum absolute atomic E-state index is 6.03. The third kappa shape index (κ3) is 3.97. The SMILES string of the molecule is COCc1ccc2c(-c3nc4ccc(N5CC(CN(C)C)OCC5C)cc4[nH]3)n[nH]c2c1. The maximum atomic E-state index is 6.03. The fourth-order valence-electron chi connectivity index (χ4n) is 4.49. The Bertz CT molecular complexity index is 1230. The first-order valence-corrected chi connectivity index (χ1v) is 11.0. The van der Waals surface area contributed by atoms with Gasteiger partial charge in [0, 0.05) is 37.3 Å². The number of fused-ring (bicyclic) bond motifs is 2. The smallest absolute Gasteiger partial charge is 0.159 e. The molecule has 3 heterocycles. The Morgan fingerprint density at radius 2 is 2.06 bits per heavy atom. The summed E-state index contributed by atoms with van der Waals surface area (Å²) >= 11 is 0. The number of nitrogens with one attached hydrogen (secondary N) is 2. The van der Waals surface area contributed by atoms with Crippen LogP contribution in [0.3, 0.4) is 0 Å². The summed E-state index contributed by atoms with van der Waals surface area (Å²) in [7, 11) is 5.87. The monoisotopic (exact) mass is 434 g/mol. The van der Waals surface area contributed by atoms with Crippen molar-refractivity contribution >= 4 is 27.6 Å². The molecule has 0 saturated carbocycles. The van der Waals surface area contributed by atoms with Crippen LogP contribution in [-0.2, 0) is 16.1 Å². The molecule has 1 fully saturated rings. The number of aromatic nitrogens is 4. The van der Waals surface area contributed by atoms with Gasteiger partial charge in [0.05, 0.1) is 35.9 Å². The van der Waals surface area contributed by atoms with Crippen LogP contribution in [0.5, 0.6) is 0 Å². The Kier molecular flexibility index (Phi) is 5.58. The molecule has 4 aromatic rings. The predicted octanol–water partition coefficient (Wildman–Crippen LogP) is 3.41.